The summed E-state index contributed by atoms with van der Waals surface area (Å²) in [6, 6.07) is 1.01. The van der Waals surface area contributed by atoms with Crippen LogP contribution in [0, 0.1) is 21.7 Å². The largest absolute Gasteiger partial charge is 0.374 e. The molecule has 0 radical (unpaired) electrons. The molecule has 4 heteroatoms. The third-order valence-electron chi connectivity index (χ3n) is 11.0. The molecule has 32 heavy (non-hydrogen) atoms. The Kier molecular flexibility index (Phi) is 5.65. The van der Waals surface area contributed by atoms with Gasteiger partial charge < -0.3 is 19.5 Å². The molecule has 184 valence electrons. The number of fused-ring (bicyclic) bond motifs is 8. The van der Waals surface area contributed by atoms with Crippen LogP contribution >= 0.6 is 0 Å². The Morgan fingerprint density at radius 1 is 0.406 bits per heavy atom. The van der Waals surface area contributed by atoms with Gasteiger partial charge in [-0.15, -0.1) is 0 Å². The van der Waals surface area contributed by atoms with Crippen LogP contribution in [0.2, 0.25) is 0 Å². The first-order valence-electron chi connectivity index (χ1n) is 13.6. The predicted molar refractivity (Wildman–Crippen MR) is 129 cm³/mol. The summed E-state index contributed by atoms with van der Waals surface area (Å²) in [6.45, 7) is 19.3. The molecule has 0 aromatic heterocycles. The van der Waals surface area contributed by atoms with Gasteiger partial charge in [0, 0.05) is 33.7 Å². The highest BCUT2D eigenvalue weighted by Gasteiger charge is 2.56. The number of rotatable bonds is 0. The minimum absolute atomic E-state index is 0.0411. The maximum absolute atomic E-state index is 6.91. The van der Waals surface area contributed by atoms with Gasteiger partial charge in [-0.2, -0.15) is 0 Å². The average molecular weight is 448 g/mol. The summed E-state index contributed by atoms with van der Waals surface area (Å²) in [6.07, 6.45) is 11.2. The summed E-state index contributed by atoms with van der Waals surface area (Å²) in [7, 11) is 0. The Labute approximate surface area is 196 Å². The molecule has 5 aliphatic rings. The van der Waals surface area contributed by atoms with E-state index in [4.69, 9.17) is 14.2 Å². The van der Waals surface area contributed by atoms with Crippen LogP contribution < -0.4 is 5.32 Å². The van der Waals surface area contributed by atoms with Crippen LogP contribution in [0.4, 0.5) is 0 Å². The van der Waals surface area contributed by atoms with E-state index in [-0.39, 0.29) is 46.1 Å². The molecule has 5 saturated heterocycles. The predicted octanol–water partition coefficient (Wildman–Crippen LogP) is 5.87. The molecule has 1 N–H and O–H groups in total. The van der Waals surface area contributed by atoms with Crippen molar-refractivity contribution in [1.29, 1.82) is 0 Å². The monoisotopic (exact) mass is 447 g/mol. The van der Waals surface area contributed by atoms with E-state index in [0.717, 1.165) is 25.7 Å². The summed E-state index contributed by atoms with van der Waals surface area (Å²) >= 11 is 0. The Bertz CT molecular complexity index is 545. The smallest absolute Gasteiger partial charge is 0.0655 e. The second-order valence-electron chi connectivity index (χ2n) is 14.2. The van der Waals surface area contributed by atoms with E-state index in [1.807, 2.05) is 0 Å². The Balaban J connectivity index is 1.48. The molecule has 8 bridgehead atoms. The molecule has 5 heterocycles. The fourth-order valence-electron chi connectivity index (χ4n) is 7.98. The zero-order valence-corrected chi connectivity index (χ0v) is 22.0. The van der Waals surface area contributed by atoms with E-state index in [1.165, 1.54) is 25.7 Å². The van der Waals surface area contributed by atoms with Crippen molar-refractivity contribution in [1.82, 2.24) is 5.32 Å². The lowest BCUT2D eigenvalue weighted by molar-refractivity contribution is -0.158. The van der Waals surface area contributed by atoms with Crippen molar-refractivity contribution in [2.24, 2.45) is 21.7 Å². The van der Waals surface area contributed by atoms with Gasteiger partial charge in [-0.05, 0) is 51.4 Å². The van der Waals surface area contributed by atoms with Crippen molar-refractivity contribution >= 4 is 0 Å². The molecule has 0 aromatic carbocycles. The van der Waals surface area contributed by atoms with Crippen molar-refractivity contribution in [2.45, 2.75) is 155 Å². The van der Waals surface area contributed by atoms with Crippen molar-refractivity contribution in [2.75, 3.05) is 0 Å². The summed E-state index contributed by atoms with van der Waals surface area (Å²) in [5, 5.41) is 4.11. The van der Waals surface area contributed by atoms with E-state index < -0.39 is 0 Å². The summed E-state index contributed by atoms with van der Waals surface area (Å²) in [5.74, 6) is 0. The zero-order valence-electron chi connectivity index (χ0n) is 22.0. The fourth-order valence-corrected chi connectivity index (χ4v) is 7.98. The number of nitrogens with one attached hydrogen (secondary N) is 1. The van der Waals surface area contributed by atoms with Crippen LogP contribution in [0.5, 0.6) is 0 Å². The van der Waals surface area contributed by atoms with E-state index >= 15 is 0 Å². The zero-order chi connectivity index (χ0) is 23.1. The van der Waals surface area contributed by atoms with Gasteiger partial charge in [0.25, 0.3) is 0 Å². The van der Waals surface area contributed by atoms with E-state index in [2.05, 4.69) is 60.7 Å². The molecule has 5 fully saturated rings. The molecular weight excluding hydrogens is 398 g/mol. The summed E-state index contributed by atoms with van der Waals surface area (Å²) in [5.41, 5.74) is 0.346. The van der Waals surface area contributed by atoms with Gasteiger partial charge in [0.05, 0.1) is 36.6 Å². The van der Waals surface area contributed by atoms with Crippen molar-refractivity contribution in [3.8, 4) is 0 Å². The highest BCUT2D eigenvalue weighted by atomic mass is 16.5. The molecule has 0 saturated carbocycles. The molecule has 0 aliphatic carbocycles. The third kappa shape index (κ3) is 3.53. The molecule has 0 spiro atoms. The normalized spacial score (nSPS) is 48.8. The quantitative estimate of drug-likeness (QED) is 0.504. The second-order valence-corrected chi connectivity index (χ2v) is 14.2. The van der Waals surface area contributed by atoms with Crippen LogP contribution in [-0.4, -0.2) is 48.7 Å². The fraction of sp³-hybridized carbons (Fsp3) is 1.00. The number of hydrogen-bond donors (Lipinski definition) is 1. The molecule has 4 nitrogen and oxygen atoms in total. The van der Waals surface area contributed by atoms with Gasteiger partial charge in [0.1, 0.15) is 0 Å². The van der Waals surface area contributed by atoms with Crippen LogP contribution in [0.15, 0.2) is 0 Å². The standard InChI is InChI=1S/C28H49NO3/c1-25(2)17-9-10-18(29-17)26(3,4)20-12-14-22(31-20)28(7,8)24-16-15-23(32-24)27(5,6)21-13-11-19(25)30-21/h17-24,29H,9-16H2,1-8H3/t17-,18+,19+,20-,21-,22+,23+,24-. The van der Waals surface area contributed by atoms with Gasteiger partial charge in [-0.25, -0.2) is 0 Å². The number of hydrogen-bond acceptors (Lipinski definition) is 4. The minimum Gasteiger partial charge on any atom is -0.374 e. The van der Waals surface area contributed by atoms with Crippen LogP contribution in [0.3, 0.4) is 0 Å². The van der Waals surface area contributed by atoms with Crippen molar-refractivity contribution < 1.29 is 14.2 Å². The van der Waals surface area contributed by atoms with Gasteiger partial charge in [-0.1, -0.05) is 55.4 Å². The topological polar surface area (TPSA) is 39.7 Å². The third-order valence-corrected chi connectivity index (χ3v) is 11.0. The van der Waals surface area contributed by atoms with Crippen LogP contribution in [-0.2, 0) is 14.2 Å². The first kappa shape index (κ1) is 23.6. The number of ether oxygens (including phenoxy) is 3. The van der Waals surface area contributed by atoms with Gasteiger partial charge in [0.2, 0.25) is 0 Å². The lowest BCUT2D eigenvalue weighted by Gasteiger charge is -2.44. The Hall–Kier alpha value is -0.160. The molecule has 0 unspecified atom stereocenters. The Morgan fingerprint density at radius 3 is 0.938 bits per heavy atom. The van der Waals surface area contributed by atoms with Crippen molar-refractivity contribution in [3.05, 3.63) is 0 Å². The van der Waals surface area contributed by atoms with E-state index in [1.54, 1.807) is 0 Å². The second kappa shape index (κ2) is 7.67. The summed E-state index contributed by atoms with van der Waals surface area (Å²) in [4.78, 5) is 0. The van der Waals surface area contributed by atoms with Gasteiger partial charge in [0.15, 0.2) is 0 Å². The molecule has 8 atom stereocenters. The molecular formula is C28H49NO3. The van der Waals surface area contributed by atoms with Crippen LogP contribution in [0.25, 0.3) is 0 Å². The molecule has 5 aliphatic heterocycles. The lowest BCUT2D eigenvalue weighted by atomic mass is 9.76. The highest BCUT2D eigenvalue weighted by molar-refractivity contribution is 5.07. The van der Waals surface area contributed by atoms with E-state index in [0.29, 0.717) is 24.3 Å². The maximum Gasteiger partial charge on any atom is 0.0655 e. The Morgan fingerprint density at radius 2 is 0.656 bits per heavy atom. The SMILES string of the molecule is CC1(C)[C@@H]2CC[C@@H](O2)C(C)(C)[C@@H]2CC[C@@H](O2)C(C)(C)[C@@H]2CC[C@@H](O2)C(C)(C)[C@@H]2CC[C@H]1N2. The summed E-state index contributed by atoms with van der Waals surface area (Å²) < 4.78 is 20.7. The highest BCUT2D eigenvalue weighted by Crippen LogP contribution is 2.52. The molecule has 0 amide bonds. The van der Waals surface area contributed by atoms with E-state index in [9.17, 15) is 0 Å². The van der Waals surface area contributed by atoms with Crippen LogP contribution in [0.1, 0.15) is 107 Å². The van der Waals surface area contributed by atoms with Crippen molar-refractivity contribution in [3.63, 3.8) is 0 Å². The minimum atomic E-state index is 0.0411. The molecule has 0 aromatic rings. The maximum atomic E-state index is 6.91. The van der Waals surface area contributed by atoms with Gasteiger partial charge >= 0.3 is 0 Å². The first-order valence-corrected chi connectivity index (χ1v) is 13.6. The average Bonchev–Trinajstić information content (AvgIpc) is 3.53. The first-order chi connectivity index (χ1) is 14.8. The lowest BCUT2D eigenvalue weighted by Crippen LogP contribution is -2.53. The van der Waals surface area contributed by atoms with Gasteiger partial charge in [-0.3, -0.25) is 0 Å². The molecule has 5 rings (SSSR count).